The molecule has 4 nitrogen and oxygen atoms in total. The summed E-state index contributed by atoms with van der Waals surface area (Å²) in [5.41, 5.74) is 8.69. The lowest BCUT2D eigenvalue weighted by atomic mass is 9.99. The summed E-state index contributed by atoms with van der Waals surface area (Å²) in [6.45, 7) is 0. The Kier molecular flexibility index (Phi) is 3.30. The van der Waals surface area contributed by atoms with Crippen molar-refractivity contribution in [2.45, 2.75) is 6.04 Å². The first kappa shape index (κ1) is 18.5. The van der Waals surface area contributed by atoms with Gasteiger partial charge in [-0.25, -0.2) is 4.99 Å². The van der Waals surface area contributed by atoms with E-state index < -0.39 is 0 Å². The lowest BCUT2D eigenvalue weighted by Crippen LogP contribution is -2.29. The van der Waals surface area contributed by atoms with Crippen molar-refractivity contribution in [2.75, 3.05) is 5.32 Å². The summed E-state index contributed by atoms with van der Waals surface area (Å²) in [5.74, 6) is 0.957. The first-order chi connectivity index (χ1) is 17.8. The molecule has 1 aliphatic heterocycles. The number of allylic oxidation sites excluding steroid dienone is 2. The number of hydrogen-bond donors (Lipinski definition) is 1. The first-order valence-electron chi connectivity index (χ1n) is 12.3. The van der Waals surface area contributed by atoms with E-state index in [2.05, 4.69) is 107 Å². The number of fused-ring (bicyclic) bond motifs is 11. The van der Waals surface area contributed by atoms with Crippen molar-refractivity contribution in [3.05, 3.63) is 103 Å². The maximum atomic E-state index is 6.40. The number of nitrogens with one attached hydrogen (secondary N) is 1. The normalized spacial score (nSPS) is 16.8. The zero-order valence-electron chi connectivity index (χ0n) is 19.2. The van der Waals surface area contributed by atoms with Crippen LogP contribution in [-0.4, -0.2) is 16.2 Å². The Hall–Kier alpha value is -4.83. The molecule has 0 radical (unpaired) electrons. The summed E-state index contributed by atoms with van der Waals surface area (Å²) < 4.78 is 8.76. The predicted molar refractivity (Wildman–Crippen MR) is 149 cm³/mol. The summed E-state index contributed by atoms with van der Waals surface area (Å²) >= 11 is 0. The molecule has 4 aromatic carbocycles. The average Bonchev–Trinajstić information content (AvgIpc) is 3.57. The van der Waals surface area contributed by atoms with Crippen LogP contribution in [0.15, 0.2) is 113 Å². The molecule has 1 atom stereocenters. The van der Waals surface area contributed by atoms with Gasteiger partial charge in [0.25, 0.3) is 0 Å². The SMILES string of the molecule is C1=CC2=Nc3c(c4cc5oc6ccccc6c5c5c6ccc(-c7ccccc7)cc6n3c45)NC2C=C1. The van der Waals surface area contributed by atoms with Crippen molar-refractivity contribution in [3.63, 3.8) is 0 Å². The van der Waals surface area contributed by atoms with Crippen LogP contribution in [0.2, 0.25) is 0 Å². The van der Waals surface area contributed by atoms with Crippen LogP contribution in [0.1, 0.15) is 0 Å². The Morgan fingerprint density at radius 3 is 2.58 bits per heavy atom. The van der Waals surface area contributed by atoms with Crippen molar-refractivity contribution in [3.8, 4) is 11.1 Å². The Morgan fingerprint density at radius 2 is 1.64 bits per heavy atom. The number of para-hydroxylation sites is 1. The van der Waals surface area contributed by atoms with Gasteiger partial charge in [0.2, 0.25) is 0 Å². The fourth-order valence-corrected chi connectivity index (χ4v) is 6.16. The highest BCUT2D eigenvalue weighted by Crippen LogP contribution is 2.50. The Labute approximate surface area is 205 Å². The molecule has 36 heavy (non-hydrogen) atoms. The maximum Gasteiger partial charge on any atom is 0.162 e. The third-order valence-electron chi connectivity index (χ3n) is 7.72. The van der Waals surface area contributed by atoms with Crippen LogP contribution in [0.25, 0.3) is 60.3 Å². The summed E-state index contributed by atoms with van der Waals surface area (Å²) in [5, 5.41) is 9.68. The third kappa shape index (κ3) is 2.22. The molecule has 7 aromatic rings. The zero-order chi connectivity index (χ0) is 23.4. The highest BCUT2D eigenvalue weighted by Gasteiger charge is 2.30. The van der Waals surface area contributed by atoms with Crippen molar-refractivity contribution in [2.24, 2.45) is 4.99 Å². The number of hydrogen-bond acceptors (Lipinski definition) is 3. The molecule has 1 aliphatic carbocycles. The molecule has 0 amide bonds. The smallest absolute Gasteiger partial charge is 0.162 e. The van der Waals surface area contributed by atoms with Crippen LogP contribution in [0, 0.1) is 0 Å². The summed E-state index contributed by atoms with van der Waals surface area (Å²) in [4.78, 5) is 5.20. The summed E-state index contributed by atoms with van der Waals surface area (Å²) in [6, 6.07) is 28.0. The third-order valence-corrected chi connectivity index (χ3v) is 7.72. The minimum absolute atomic E-state index is 0.0749. The monoisotopic (exact) mass is 461 g/mol. The standard InChI is InChI=1S/C32H19N3O/c1-2-8-18(9-3-1)19-14-15-20-25(16-19)35-31-22(30-32(35)34-24-12-6-5-11-23(24)33-30)17-27-28(29(20)31)21-10-4-7-13-26(21)36-27/h1-17,23,33H. The van der Waals surface area contributed by atoms with E-state index in [1.54, 1.807) is 0 Å². The van der Waals surface area contributed by atoms with Crippen LogP contribution in [0.4, 0.5) is 11.5 Å². The molecular weight excluding hydrogens is 442 g/mol. The molecule has 4 heteroatoms. The molecule has 0 saturated carbocycles. The molecule has 2 aliphatic rings. The Bertz CT molecular complexity index is 2120. The van der Waals surface area contributed by atoms with Crippen molar-refractivity contribution in [1.82, 2.24) is 4.40 Å². The fraction of sp³-hybridized carbons (Fsp3) is 0.0312. The van der Waals surface area contributed by atoms with E-state index in [9.17, 15) is 0 Å². The van der Waals surface area contributed by atoms with E-state index in [1.807, 2.05) is 6.07 Å². The van der Waals surface area contributed by atoms with Crippen LogP contribution in [0.3, 0.4) is 0 Å². The van der Waals surface area contributed by atoms with Gasteiger partial charge in [-0.1, -0.05) is 78.9 Å². The maximum absolute atomic E-state index is 6.40. The number of aliphatic imine (C=N–C) groups is 1. The van der Waals surface area contributed by atoms with Crippen molar-refractivity contribution < 1.29 is 4.42 Å². The molecule has 1 unspecified atom stereocenters. The number of anilines is 1. The van der Waals surface area contributed by atoms with Gasteiger partial charge in [0, 0.05) is 26.9 Å². The van der Waals surface area contributed by atoms with Crippen LogP contribution < -0.4 is 5.32 Å². The fourth-order valence-electron chi connectivity index (χ4n) is 6.16. The van der Waals surface area contributed by atoms with Crippen molar-refractivity contribution >= 4 is 66.3 Å². The highest BCUT2D eigenvalue weighted by molar-refractivity contribution is 6.34. The molecule has 3 aromatic heterocycles. The van der Waals surface area contributed by atoms with Gasteiger partial charge >= 0.3 is 0 Å². The second-order valence-electron chi connectivity index (χ2n) is 9.65. The number of nitrogens with zero attached hydrogens (tertiary/aromatic N) is 2. The van der Waals surface area contributed by atoms with Gasteiger partial charge in [-0.05, 0) is 35.4 Å². The predicted octanol–water partition coefficient (Wildman–Crippen LogP) is 8.24. The van der Waals surface area contributed by atoms with Gasteiger partial charge in [-0.2, -0.15) is 0 Å². The van der Waals surface area contributed by atoms with E-state index in [1.165, 1.54) is 32.8 Å². The average molecular weight is 462 g/mol. The minimum Gasteiger partial charge on any atom is -0.456 e. The molecule has 4 heterocycles. The van der Waals surface area contributed by atoms with Gasteiger partial charge in [0.05, 0.1) is 28.5 Å². The Balaban J connectivity index is 1.51. The zero-order valence-corrected chi connectivity index (χ0v) is 19.2. The van der Waals surface area contributed by atoms with Crippen LogP contribution >= 0.6 is 0 Å². The molecule has 0 spiro atoms. The number of rotatable bonds is 1. The molecular formula is C32H19N3O. The molecule has 9 rings (SSSR count). The number of benzene rings is 4. The van der Waals surface area contributed by atoms with Crippen LogP contribution in [0.5, 0.6) is 0 Å². The molecule has 0 saturated heterocycles. The summed E-state index contributed by atoms with van der Waals surface area (Å²) in [6.07, 6.45) is 8.40. The lowest BCUT2D eigenvalue weighted by molar-refractivity contribution is 0.669. The quantitative estimate of drug-likeness (QED) is 0.267. The molecule has 168 valence electrons. The number of aromatic nitrogens is 1. The summed E-state index contributed by atoms with van der Waals surface area (Å²) in [7, 11) is 0. The molecule has 0 fully saturated rings. The van der Waals surface area contributed by atoms with Gasteiger partial charge in [0.15, 0.2) is 5.82 Å². The van der Waals surface area contributed by atoms with Gasteiger partial charge in [0.1, 0.15) is 11.2 Å². The topological polar surface area (TPSA) is 41.9 Å². The van der Waals surface area contributed by atoms with E-state index in [4.69, 9.17) is 9.41 Å². The van der Waals surface area contributed by atoms with Crippen LogP contribution in [-0.2, 0) is 0 Å². The Morgan fingerprint density at radius 1 is 0.750 bits per heavy atom. The van der Waals surface area contributed by atoms with Gasteiger partial charge in [-0.15, -0.1) is 0 Å². The van der Waals surface area contributed by atoms with Crippen molar-refractivity contribution in [1.29, 1.82) is 0 Å². The number of furan rings is 1. The van der Waals surface area contributed by atoms with Gasteiger partial charge < -0.3 is 9.73 Å². The first-order valence-corrected chi connectivity index (χ1v) is 12.3. The second-order valence-corrected chi connectivity index (χ2v) is 9.65. The highest BCUT2D eigenvalue weighted by atomic mass is 16.3. The van der Waals surface area contributed by atoms with E-state index in [-0.39, 0.29) is 6.04 Å². The molecule has 1 N–H and O–H groups in total. The van der Waals surface area contributed by atoms with E-state index >= 15 is 0 Å². The molecule has 0 bridgehead atoms. The van der Waals surface area contributed by atoms with Gasteiger partial charge in [-0.3, -0.25) is 4.40 Å². The largest absolute Gasteiger partial charge is 0.456 e. The lowest BCUT2D eigenvalue weighted by Gasteiger charge is -2.23. The van der Waals surface area contributed by atoms with E-state index in [0.29, 0.717) is 0 Å². The van der Waals surface area contributed by atoms with E-state index in [0.717, 1.165) is 44.7 Å². The minimum atomic E-state index is 0.0749. The second kappa shape index (κ2) is 6.43.